The molecule has 0 aliphatic heterocycles. The van der Waals surface area contributed by atoms with E-state index in [0.29, 0.717) is 16.6 Å². The van der Waals surface area contributed by atoms with Gasteiger partial charge in [-0.1, -0.05) is 38.5 Å². The summed E-state index contributed by atoms with van der Waals surface area (Å²) in [6, 6.07) is 6.87. The Morgan fingerprint density at radius 1 is 1.19 bits per heavy atom. The zero-order valence-corrected chi connectivity index (χ0v) is 16.9. The van der Waals surface area contributed by atoms with Crippen molar-refractivity contribution >= 4 is 28.3 Å². The van der Waals surface area contributed by atoms with Gasteiger partial charge in [0.25, 0.3) is 0 Å². The maximum absolute atomic E-state index is 12.7. The van der Waals surface area contributed by atoms with E-state index in [1.165, 1.54) is 11.3 Å². The van der Waals surface area contributed by atoms with Crippen LogP contribution in [-0.2, 0) is 9.59 Å². The second-order valence-corrected chi connectivity index (χ2v) is 7.29. The summed E-state index contributed by atoms with van der Waals surface area (Å²) in [5, 5.41) is 14.9. The SMILES string of the molecule is CCCC(=O)NC(C(=O)Nc1nnc(-c2ccc(OC)cc2)s1)C(C)CC. The van der Waals surface area contributed by atoms with Crippen LogP contribution in [0.15, 0.2) is 24.3 Å². The monoisotopic (exact) mass is 390 g/mol. The molecule has 2 unspecified atom stereocenters. The normalized spacial score (nSPS) is 12.9. The molecule has 146 valence electrons. The summed E-state index contributed by atoms with van der Waals surface area (Å²) in [5.74, 6) is 0.385. The molecular weight excluding hydrogens is 364 g/mol. The summed E-state index contributed by atoms with van der Waals surface area (Å²) in [6.45, 7) is 5.86. The van der Waals surface area contributed by atoms with Crippen LogP contribution in [0.4, 0.5) is 5.13 Å². The van der Waals surface area contributed by atoms with Gasteiger partial charge in [0, 0.05) is 12.0 Å². The van der Waals surface area contributed by atoms with Gasteiger partial charge in [0.05, 0.1) is 7.11 Å². The third-order valence-electron chi connectivity index (χ3n) is 4.28. The first-order valence-corrected chi connectivity index (χ1v) is 9.88. The third-order valence-corrected chi connectivity index (χ3v) is 5.17. The van der Waals surface area contributed by atoms with E-state index in [2.05, 4.69) is 20.8 Å². The molecule has 2 rings (SSSR count). The van der Waals surface area contributed by atoms with Gasteiger partial charge >= 0.3 is 0 Å². The molecule has 2 N–H and O–H groups in total. The van der Waals surface area contributed by atoms with Gasteiger partial charge in [0.2, 0.25) is 16.9 Å². The van der Waals surface area contributed by atoms with E-state index in [9.17, 15) is 9.59 Å². The van der Waals surface area contributed by atoms with Crippen LogP contribution >= 0.6 is 11.3 Å². The summed E-state index contributed by atoms with van der Waals surface area (Å²) >= 11 is 1.29. The van der Waals surface area contributed by atoms with Gasteiger partial charge in [-0.15, -0.1) is 10.2 Å². The molecular formula is C19H26N4O3S. The number of methoxy groups -OCH3 is 1. The van der Waals surface area contributed by atoms with Gasteiger partial charge < -0.3 is 10.1 Å². The van der Waals surface area contributed by atoms with Crippen LogP contribution < -0.4 is 15.4 Å². The summed E-state index contributed by atoms with van der Waals surface area (Å²) < 4.78 is 5.15. The minimum atomic E-state index is -0.595. The van der Waals surface area contributed by atoms with Crippen LogP contribution in [0.2, 0.25) is 0 Å². The molecule has 1 aromatic carbocycles. The molecule has 0 aliphatic carbocycles. The average Bonchev–Trinajstić information content (AvgIpc) is 3.14. The summed E-state index contributed by atoms with van der Waals surface area (Å²) in [6.07, 6.45) is 1.92. The van der Waals surface area contributed by atoms with E-state index in [-0.39, 0.29) is 17.7 Å². The number of anilines is 1. The number of rotatable bonds is 9. The molecule has 2 amide bonds. The van der Waals surface area contributed by atoms with Crippen molar-refractivity contribution in [3.8, 4) is 16.3 Å². The van der Waals surface area contributed by atoms with Crippen molar-refractivity contribution in [3.05, 3.63) is 24.3 Å². The lowest BCUT2D eigenvalue weighted by Gasteiger charge is -2.22. The predicted molar refractivity (Wildman–Crippen MR) is 107 cm³/mol. The highest BCUT2D eigenvalue weighted by atomic mass is 32.1. The van der Waals surface area contributed by atoms with Crippen molar-refractivity contribution in [1.82, 2.24) is 15.5 Å². The van der Waals surface area contributed by atoms with Crippen molar-refractivity contribution in [2.24, 2.45) is 5.92 Å². The van der Waals surface area contributed by atoms with Gasteiger partial charge in [-0.3, -0.25) is 14.9 Å². The van der Waals surface area contributed by atoms with Crippen LogP contribution in [0.25, 0.3) is 10.6 Å². The Hall–Kier alpha value is -2.48. The number of carbonyl (C=O) groups is 2. The lowest BCUT2D eigenvalue weighted by atomic mass is 9.98. The maximum atomic E-state index is 12.7. The second kappa shape index (κ2) is 10.0. The van der Waals surface area contributed by atoms with E-state index in [0.717, 1.165) is 24.2 Å². The number of aromatic nitrogens is 2. The average molecular weight is 391 g/mol. The molecule has 0 radical (unpaired) electrons. The van der Waals surface area contributed by atoms with Crippen LogP contribution in [0, 0.1) is 5.92 Å². The topological polar surface area (TPSA) is 93.2 Å². The second-order valence-electron chi connectivity index (χ2n) is 6.31. The highest BCUT2D eigenvalue weighted by Gasteiger charge is 2.26. The number of benzene rings is 1. The van der Waals surface area contributed by atoms with E-state index < -0.39 is 6.04 Å². The molecule has 0 spiro atoms. The molecule has 0 bridgehead atoms. The van der Waals surface area contributed by atoms with Gasteiger partial charge in [-0.25, -0.2) is 0 Å². The van der Waals surface area contributed by atoms with Crippen molar-refractivity contribution in [2.75, 3.05) is 12.4 Å². The van der Waals surface area contributed by atoms with Gasteiger partial charge in [0.1, 0.15) is 16.8 Å². The molecule has 0 saturated carbocycles. The van der Waals surface area contributed by atoms with Gasteiger partial charge in [-0.2, -0.15) is 0 Å². The summed E-state index contributed by atoms with van der Waals surface area (Å²) in [7, 11) is 1.61. The minimum absolute atomic E-state index is 0.0137. The van der Waals surface area contributed by atoms with E-state index >= 15 is 0 Å². The van der Waals surface area contributed by atoms with Gasteiger partial charge in [-0.05, 0) is 36.6 Å². The standard InChI is InChI=1S/C19H26N4O3S/c1-5-7-15(24)20-16(12(3)6-2)17(25)21-19-23-22-18(27-19)13-8-10-14(26-4)11-9-13/h8-12,16H,5-7H2,1-4H3,(H,20,24)(H,21,23,25). The largest absolute Gasteiger partial charge is 0.497 e. The molecule has 2 atom stereocenters. The smallest absolute Gasteiger partial charge is 0.249 e. The Morgan fingerprint density at radius 3 is 2.48 bits per heavy atom. The fourth-order valence-corrected chi connectivity index (χ4v) is 3.23. The molecule has 0 fully saturated rings. The van der Waals surface area contributed by atoms with Crippen molar-refractivity contribution < 1.29 is 14.3 Å². The van der Waals surface area contributed by atoms with Crippen LogP contribution in [0.1, 0.15) is 40.0 Å². The first-order chi connectivity index (χ1) is 13.0. The molecule has 0 saturated heterocycles. The number of nitrogens with zero attached hydrogens (tertiary/aromatic N) is 2. The highest BCUT2D eigenvalue weighted by Crippen LogP contribution is 2.28. The van der Waals surface area contributed by atoms with Crippen molar-refractivity contribution in [2.45, 2.75) is 46.1 Å². The number of hydrogen-bond acceptors (Lipinski definition) is 6. The first-order valence-electron chi connectivity index (χ1n) is 9.06. The lowest BCUT2D eigenvalue weighted by molar-refractivity contribution is -0.127. The fourth-order valence-electron chi connectivity index (χ4n) is 2.48. The zero-order chi connectivity index (χ0) is 19.8. The summed E-state index contributed by atoms with van der Waals surface area (Å²) in [5.41, 5.74) is 0.892. The molecule has 1 aromatic heterocycles. The van der Waals surface area contributed by atoms with Crippen LogP contribution in [0.5, 0.6) is 5.75 Å². The number of ether oxygens (including phenoxy) is 1. The lowest BCUT2D eigenvalue weighted by Crippen LogP contribution is -2.47. The molecule has 2 aromatic rings. The predicted octanol–water partition coefficient (Wildman–Crippen LogP) is 3.48. The van der Waals surface area contributed by atoms with E-state index in [1.54, 1.807) is 7.11 Å². The number of hydrogen-bond donors (Lipinski definition) is 2. The maximum Gasteiger partial charge on any atom is 0.249 e. The summed E-state index contributed by atoms with van der Waals surface area (Å²) in [4.78, 5) is 24.6. The van der Waals surface area contributed by atoms with Crippen LogP contribution in [0.3, 0.4) is 0 Å². The molecule has 8 heteroatoms. The van der Waals surface area contributed by atoms with Crippen LogP contribution in [-0.4, -0.2) is 35.2 Å². The van der Waals surface area contributed by atoms with Crippen molar-refractivity contribution in [3.63, 3.8) is 0 Å². The Kier molecular flexibility index (Phi) is 7.72. The van der Waals surface area contributed by atoms with Gasteiger partial charge in [0.15, 0.2) is 0 Å². The first kappa shape index (κ1) is 20.8. The third kappa shape index (κ3) is 5.75. The van der Waals surface area contributed by atoms with Crippen molar-refractivity contribution in [1.29, 1.82) is 0 Å². The molecule has 7 nitrogen and oxygen atoms in total. The molecule has 0 aliphatic rings. The van der Waals surface area contributed by atoms with E-state index in [4.69, 9.17) is 4.74 Å². The Balaban J connectivity index is 2.08. The highest BCUT2D eigenvalue weighted by molar-refractivity contribution is 7.18. The number of carbonyl (C=O) groups excluding carboxylic acids is 2. The molecule has 27 heavy (non-hydrogen) atoms. The fraction of sp³-hybridized carbons (Fsp3) is 0.474. The number of nitrogens with one attached hydrogen (secondary N) is 2. The quantitative estimate of drug-likeness (QED) is 0.684. The Morgan fingerprint density at radius 2 is 1.89 bits per heavy atom. The molecule has 1 heterocycles. The Bertz CT molecular complexity index is 761. The minimum Gasteiger partial charge on any atom is -0.497 e. The van der Waals surface area contributed by atoms with E-state index in [1.807, 2.05) is 45.0 Å². The Labute approximate surface area is 163 Å². The number of amides is 2. The zero-order valence-electron chi connectivity index (χ0n) is 16.1.